The number of rotatable bonds is 11. The van der Waals surface area contributed by atoms with E-state index in [-0.39, 0.29) is 0 Å². The summed E-state index contributed by atoms with van der Waals surface area (Å²) in [7, 11) is 1.78. The van der Waals surface area contributed by atoms with Gasteiger partial charge < -0.3 is 4.74 Å². The minimum absolute atomic E-state index is 0.380. The first-order valence-corrected chi connectivity index (χ1v) is 8.02. The van der Waals surface area contributed by atoms with Crippen molar-refractivity contribution >= 4 is 12.6 Å². The normalized spacial score (nSPS) is 12.7. The molecule has 0 rings (SSSR count). The molecule has 2 nitrogen and oxygen atoms in total. The highest BCUT2D eigenvalue weighted by Gasteiger charge is 2.30. The van der Waals surface area contributed by atoms with Crippen molar-refractivity contribution in [3.8, 4) is 0 Å². The van der Waals surface area contributed by atoms with Crippen LogP contribution in [0, 0.1) is 5.41 Å². The van der Waals surface area contributed by atoms with E-state index in [2.05, 4.69) is 45.2 Å². The number of hydrogen-bond donors (Lipinski definition) is 1. The minimum atomic E-state index is 0.380. The highest BCUT2D eigenvalue weighted by atomic mass is 32.1. The molecule has 0 saturated carbocycles. The van der Waals surface area contributed by atoms with Gasteiger partial charge in [0.25, 0.3) is 0 Å². The molecule has 3 heteroatoms. The number of ether oxygens (including phenoxy) is 1. The number of methoxy groups -OCH3 is 1. The van der Waals surface area contributed by atoms with Crippen LogP contribution in [0.2, 0.25) is 0 Å². The molecule has 0 aliphatic rings. The first kappa shape index (κ1) is 18.3. The third kappa shape index (κ3) is 6.44. The van der Waals surface area contributed by atoms with E-state index in [1.54, 1.807) is 7.11 Å². The van der Waals surface area contributed by atoms with Gasteiger partial charge in [0.05, 0.1) is 6.61 Å². The Morgan fingerprint density at radius 2 is 1.72 bits per heavy atom. The maximum absolute atomic E-state index is 5.23. The van der Waals surface area contributed by atoms with Crippen LogP contribution in [0.25, 0.3) is 0 Å². The van der Waals surface area contributed by atoms with E-state index in [1.165, 1.54) is 25.7 Å². The van der Waals surface area contributed by atoms with Crippen LogP contribution in [0.5, 0.6) is 0 Å². The fourth-order valence-electron chi connectivity index (χ4n) is 2.71. The molecule has 0 aromatic carbocycles. The van der Waals surface area contributed by atoms with Crippen LogP contribution in [-0.4, -0.2) is 43.5 Å². The summed E-state index contributed by atoms with van der Waals surface area (Å²) in [6.45, 7) is 12.1. The minimum Gasteiger partial charge on any atom is -0.383 e. The highest BCUT2D eigenvalue weighted by Crippen LogP contribution is 2.32. The summed E-state index contributed by atoms with van der Waals surface area (Å²) in [5, 5.41) is 0. The molecule has 0 amide bonds. The molecule has 0 saturated heterocycles. The van der Waals surface area contributed by atoms with Gasteiger partial charge in [0.2, 0.25) is 0 Å². The zero-order valence-corrected chi connectivity index (χ0v) is 13.9. The van der Waals surface area contributed by atoms with Crippen molar-refractivity contribution in [3.05, 3.63) is 0 Å². The van der Waals surface area contributed by atoms with Gasteiger partial charge >= 0.3 is 0 Å². The Morgan fingerprint density at radius 3 is 2.06 bits per heavy atom. The lowest BCUT2D eigenvalue weighted by Crippen LogP contribution is -2.44. The highest BCUT2D eigenvalue weighted by molar-refractivity contribution is 7.80. The third-order valence-electron chi connectivity index (χ3n) is 3.75. The summed E-state index contributed by atoms with van der Waals surface area (Å²) in [5.74, 6) is 0.991. The summed E-state index contributed by atoms with van der Waals surface area (Å²) in [6, 6.07) is 0.577. The van der Waals surface area contributed by atoms with E-state index in [9.17, 15) is 0 Å². The van der Waals surface area contributed by atoms with Gasteiger partial charge in [-0.15, -0.1) is 0 Å². The SMILES string of the molecule is CCCC(CS)(CCC)CN(CCOC)C(C)C. The Bertz CT molecular complexity index is 191. The molecule has 0 aromatic heterocycles. The van der Waals surface area contributed by atoms with Crippen LogP contribution in [0.15, 0.2) is 0 Å². The second-order valence-electron chi connectivity index (χ2n) is 5.72. The first-order valence-electron chi connectivity index (χ1n) is 7.39. The number of hydrogen-bond acceptors (Lipinski definition) is 3. The monoisotopic (exact) mass is 275 g/mol. The number of thiol groups is 1. The van der Waals surface area contributed by atoms with Crippen molar-refractivity contribution in [2.24, 2.45) is 5.41 Å². The Hall–Kier alpha value is 0.270. The second-order valence-corrected chi connectivity index (χ2v) is 6.03. The molecular formula is C15H33NOS. The van der Waals surface area contributed by atoms with Crippen LogP contribution >= 0.6 is 12.6 Å². The average molecular weight is 276 g/mol. The van der Waals surface area contributed by atoms with E-state index in [0.717, 1.165) is 25.4 Å². The quantitative estimate of drug-likeness (QED) is 0.575. The lowest BCUT2D eigenvalue weighted by atomic mass is 9.80. The predicted octanol–water partition coefficient (Wildman–Crippen LogP) is 3.86. The van der Waals surface area contributed by atoms with E-state index in [1.807, 2.05) is 0 Å². The van der Waals surface area contributed by atoms with E-state index < -0.39 is 0 Å². The van der Waals surface area contributed by atoms with E-state index >= 15 is 0 Å². The molecule has 0 radical (unpaired) electrons. The average Bonchev–Trinajstić information content (AvgIpc) is 2.34. The van der Waals surface area contributed by atoms with Gasteiger partial charge in [-0.05, 0) is 37.9 Å². The molecule has 0 N–H and O–H groups in total. The Morgan fingerprint density at radius 1 is 1.17 bits per heavy atom. The lowest BCUT2D eigenvalue weighted by Gasteiger charge is -2.39. The Labute approximate surface area is 120 Å². The summed E-state index contributed by atoms with van der Waals surface area (Å²) >= 11 is 4.65. The molecule has 0 heterocycles. The van der Waals surface area contributed by atoms with Crippen LogP contribution in [0.4, 0.5) is 0 Å². The largest absolute Gasteiger partial charge is 0.383 e. The fraction of sp³-hybridized carbons (Fsp3) is 1.00. The van der Waals surface area contributed by atoms with Crippen molar-refractivity contribution < 1.29 is 4.74 Å². The van der Waals surface area contributed by atoms with Gasteiger partial charge in [0.1, 0.15) is 0 Å². The lowest BCUT2D eigenvalue weighted by molar-refractivity contribution is 0.0838. The van der Waals surface area contributed by atoms with Gasteiger partial charge in [0.15, 0.2) is 0 Å². The molecule has 0 bridgehead atoms. The molecule has 0 aliphatic carbocycles. The molecule has 0 spiro atoms. The molecule has 110 valence electrons. The number of nitrogens with zero attached hydrogens (tertiary/aromatic N) is 1. The molecular weight excluding hydrogens is 242 g/mol. The molecule has 0 atom stereocenters. The van der Waals surface area contributed by atoms with Gasteiger partial charge in [-0.2, -0.15) is 12.6 Å². The molecule has 0 unspecified atom stereocenters. The van der Waals surface area contributed by atoms with Crippen molar-refractivity contribution in [3.63, 3.8) is 0 Å². The Balaban J connectivity index is 4.66. The zero-order valence-electron chi connectivity index (χ0n) is 13.0. The summed E-state index contributed by atoms with van der Waals surface area (Å²) in [5.41, 5.74) is 0.380. The van der Waals surface area contributed by atoms with Gasteiger partial charge in [-0.3, -0.25) is 4.90 Å². The zero-order chi connectivity index (χ0) is 14.0. The topological polar surface area (TPSA) is 12.5 Å². The van der Waals surface area contributed by atoms with E-state index in [0.29, 0.717) is 11.5 Å². The van der Waals surface area contributed by atoms with Gasteiger partial charge in [-0.25, -0.2) is 0 Å². The van der Waals surface area contributed by atoms with Gasteiger partial charge in [-0.1, -0.05) is 26.7 Å². The second kappa shape index (κ2) is 10.1. The summed E-state index contributed by atoms with van der Waals surface area (Å²) in [4.78, 5) is 2.55. The van der Waals surface area contributed by atoms with Crippen LogP contribution in [0.3, 0.4) is 0 Å². The molecule has 0 aromatic rings. The molecule has 18 heavy (non-hydrogen) atoms. The summed E-state index contributed by atoms with van der Waals surface area (Å²) < 4.78 is 5.23. The standard InChI is InChI=1S/C15H33NOS/c1-6-8-15(13-18,9-7-2)12-16(14(3)4)10-11-17-5/h14,18H,6-13H2,1-5H3. The first-order chi connectivity index (χ1) is 8.55. The van der Waals surface area contributed by atoms with Crippen molar-refractivity contribution in [2.45, 2.75) is 59.4 Å². The smallest absolute Gasteiger partial charge is 0.0589 e. The van der Waals surface area contributed by atoms with Crippen LogP contribution in [-0.2, 0) is 4.74 Å². The molecule has 0 aliphatic heterocycles. The van der Waals surface area contributed by atoms with Crippen molar-refractivity contribution in [1.82, 2.24) is 4.90 Å². The fourth-order valence-corrected chi connectivity index (χ4v) is 3.13. The van der Waals surface area contributed by atoms with Crippen molar-refractivity contribution in [2.75, 3.05) is 32.6 Å². The predicted molar refractivity (Wildman–Crippen MR) is 84.7 cm³/mol. The maximum atomic E-state index is 5.23. The summed E-state index contributed by atoms with van der Waals surface area (Å²) in [6.07, 6.45) is 5.05. The van der Waals surface area contributed by atoms with E-state index in [4.69, 9.17) is 4.74 Å². The van der Waals surface area contributed by atoms with Gasteiger partial charge in [0, 0.05) is 26.2 Å². The maximum Gasteiger partial charge on any atom is 0.0589 e. The third-order valence-corrected chi connectivity index (χ3v) is 4.42. The Kier molecular flexibility index (Phi) is 10.3. The van der Waals surface area contributed by atoms with Crippen molar-refractivity contribution in [1.29, 1.82) is 0 Å². The van der Waals surface area contributed by atoms with Crippen LogP contribution in [0.1, 0.15) is 53.4 Å². The molecule has 0 fully saturated rings. The van der Waals surface area contributed by atoms with Crippen LogP contribution < -0.4 is 0 Å².